The molecule has 0 saturated heterocycles. The van der Waals surface area contributed by atoms with E-state index in [1.165, 1.54) is 5.56 Å². The molecule has 0 bridgehead atoms. The number of carbonyl (C=O) groups excluding carboxylic acids is 1. The van der Waals surface area contributed by atoms with Crippen molar-refractivity contribution in [3.05, 3.63) is 34.9 Å². The highest BCUT2D eigenvalue weighted by Gasteiger charge is 2.09. The van der Waals surface area contributed by atoms with Gasteiger partial charge in [0.05, 0.1) is 0 Å². The van der Waals surface area contributed by atoms with Gasteiger partial charge in [0.15, 0.2) is 5.78 Å². The van der Waals surface area contributed by atoms with E-state index in [1.807, 2.05) is 19.1 Å². The van der Waals surface area contributed by atoms with Crippen molar-refractivity contribution in [2.24, 2.45) is 0 Å². The number of carbonyl (C=O) groups is 1. The fourth-order valence-corrected chi connectivity index (χ4v) is 1.66. The maximum Gasteiger partial charge on any atom is 0.160 e. The molecule has 0 amide bonds. The molecular formula is C12H16O. The van der Waals surface area contributed by atoms with E-state index in [1.54, 1.807) is 6.92 Å². The van der Waals surface area contributed by atoms with Crippen molar-refractivity contribution in [3.8, 4) is 0 Å². The van der Waals surface area contributed by atoms with Gasteiger partial charge in [-0.25, -0.2) is 0 Å². The molecule has 0 spiro atoms. The second-order valence-electron chi connectivity index (χ2n) is 3.73. The Morgan fingerprint density at radius 2 is 1.92 bits per heavy atom. The zero-order valence-corrected chi connectivity index (χ0v) is 8.72. The topological polar surface area (TPSA) is 17.1 Å². The first-order valence-corrected chi connectivity index (χ1v) is 4.64. The zero-order valence-electron chi connectivity index (χ0n) is 8.72. The van der Waals surface area contributed by atoms with E-state index in [-0.39, 0.29) is 5.78 Å². The molecule has 1 aromatic carbocycles. The van der Waals surface area contributed by atoms with Crippen LogP contribution in [0.5, 0.6) is 0 Å². The molecule has 0 N–H and O–H groups in total. The molecule has 0 aliphatic heterocycles. The van der Waals surface area contributed by atoms with Crippen molar-refractivity contribution in [2.75, 3.05) is 0 Å². The summed E-state index contributed by atoms with van der Waals surface area (Å²) in [4.78, 5) is 11.2. The highest BCUT2D eigenvalue weighted by atomic mass is 16.1. The highest BCUT2D eigenvalue weighted by molar-refractivity contribution is 5.95. The van der Waals surface area contributed by atoms with Gasteiger partial charge in [0.1, 0.15) is 0 Å². The Balaban J connectivity index is 3.26. The van der Waals surface area contributed by atoms with Crippen LogP contribution >= 0.6 is 0 Å². The van der Waals surface area contributed by atoms with Crippen molar-refractivity contribution in [1.82, 2.24) is 0 Å². The molecule has 0 radical (unpaired) electrons. The molecule has 0 atom stereocenters. The summed E-state index contributed by atoms with van der Waals surface area (Å²) in [5, 5.41) is 0. The Labute approximate surface area is 79.8 Å². The number of hydrogen-bond acceptors (Lipinski definition) is 1. The maximum absolute atomic E-state index is 11.2. The minimum atomic E-state index is 0.153. The fraction of sp³-hybridized carbons (Fsp3) is 0.417. The number of benzene rings is 1. The van der Waals surface area contributed by atoms with E-state index in [0.29, 0.717) is 5.92 Å². The monoisotopic (exact) mass is 176 g/mol. The van der Waals surface area contributed by atoms with E-state index in [4.69, 9.17) is 0 Å². The van der Waals surface area contributed by atoms with Crippen LogP contribution in [0.1, 0.15) is 48.2 Å². The number of rotatable bonds is 2. The van der Waals surface area contributed by atoms with Crippen molar-refractivity contribution < 1.29 is 4.79 Å². The quantitative estimate of drug-likeness (QED) is 0.632. The third-order valence-electron chi connectivity index (χ3n) is 2.38. The van der Waals surface area contributed by atoms with Crippen LogP contribution < -0.4 is 0 Å². The summed E-state index contributed by atoms with van der Waals surface area (Å²) in [5.41, 5.74) is 3.25. The Kier molecular flexibility index (Phi) is 2.86. The summed E-state index contributed by atoms with van der Waals surface area (Å²) < 4.78 is 0. The molecule has 0 saturated carbocycles. The van der Waals surface area contributed by atoms with Crippen LogP contribution in [0.25, 0.3) is 0 Å². The van der Waals surface area contributed by atoms with E-state index in [9.17, 15) is 4.79 Å². The molecule has 0 aromatic heterocycles. The molecule has 1 nitrogen and oxygen atoms in total. The van der Waals surface area contributed by atoms with Gasteiger partial charge in [-0.15, -0.1) is 0 Å². The second kappa shape index (κ2) is 3.73. The van der Waals surface area contributed by atoms with Crippen molar-refractivity contribution in [2.45, 2.75) is 33.6 Å². The minimum Gasteiger partial charge on any atom is -0.295 e. The van der Waals surface area contributed by atoms with Crippen LogP contribution in [0.2, 0.25) is 0 Å². The second-order valence-corrected chi connectivity index (χ2v) is 3.73. The molecule has 0 aliphatic rings. The predicted octanol–water partition coefficient (Wildman–Crippen LogP) is 3.32. The van der Waals surface area contributed by atoms with Crippen LogP contribution in [0, 0.1) is 6.92 Å². The normalized spacial score (nSPS) is 10.5. The smallest absolute Gasteiger partial charge is 0.160 e. The molecular weight excluding hydrogens is 160 g/mol. The minimum absolute atomic E-state index is 0.153. The van der Waals surface area contributed by atoms with Gasteiger partial charge < -0.3 is 0 Å². The average molecular weight is 176 g/mol. The first-order valence-electron chi connectivity index (χ1n) is 4.64. The van der Waals surface area contributed by atoms with Crippen LogP contribution in [0.3, 0.4) is 0 Å². The van der Waals surface area contributed by atoms with Crippen molar-refractivity contribution >= 4 is 5.78 Å². The lowest BCUT2D eigenvalue weighted by Crippen LogP contribution is -2.00. The van der Waals surface area contributed by atoms with Crippen LogP contribution in [-0.2, 0) is 0 Å². The molecule has 1 heteroatoms. The van der Waals surface area contributed by atoms with E-state index >= 15 is 0 Å². The van der Waals surface area contributed by atoms with Crippen LogP contribution in [-0.4, -0.2) is 5.78 Å². The molecule has 0 aliphatic carbocycles. The molecule has 0 fully saturated rings. The molecule has 13 heavy (non-hydrogen) atoms. The van der Waals surface area contributed by atoms with Gasteiger partial charge in [0.25, 0.3) is 0 Å². The lowest BCUT2D eigenvalue weighted by atomic mass is 9.93. The highest BCUT2D eigenvalue weighted by Crippen LogP contribution is 2.21. The van der Waals surface area contributed by atoms with E-state index in [2.05, 4.69) is 19.9 Å². The summed E-state index contributed by atoms with van der Waals surface area (Å²) in [6.07, 6.45) is 0. The Bertz CT molecular complexity index is 324. The van der Waals surface area contributed by atoms with Crippen LogP contribution in [0.15, 0.2) is 18.2 Å². The van der Waals surface area contributed by atoms with E-state index < -0.39 is 0 Å². The summed E-state index contributed by atoms with van der Waals surface area (Å²) in [6.45, 7) is 7.93. The molecule has 70 valence electrons. The Morgan fingerprint density at radius 3 is 2.38 bits per heavy atom. The molecule has 1 rings (SSSR count). The van der Waals surface area contributed by atoms with Gasteiger partial charge in [0, 0.05) is 5.56 Å². The SMILES string of the molecule is CC(=O)c1cccc(C(C)C)c1C. The molecule has 0 heterocycles. The number of ketones is 1. The summed E-state index contributed by atoms with van der Waals surface area (Å²) in [6, 6.07) is 5.94. The Hall–Kier alpha value is -1.11. The standard InChI is InChI=1S/C12H16O/c1-8(2)11-6-5-7-12(9(11)3)10(4)13/h5-8H,1-4H3. The third kappa shape index (κ3) is 1.97. The maximum atomic E-state index is 11.2. The number of hydrogen-bond donors (Lipinski definition) is 0. The lowest BCUT2D eigenvalue weighted by Gasteiger charge is -2.11. The van der Waals surface area contributed by atoms with Gasteiger partial charge in [-0.1, -0.05) is 32.0 Å². The Morgan fingerprint density at radius 1 is 1.31 bits per heavy atom. The van der Waals surface area contributed by atoms with Gasteiger partial charge >= 0.3 is 0 Å². The predicted molar refractivity (Wildman–Crippen MR) is 55.3 cm³/mol. The zero-order chi connectivity index (χ0) is 10.0. The van der Waals surface area contributed by atoms with Gasteiger partial charge in [-0.3, -0.25) is 4.79 Å². The largest absolute Gasteiger partial charge is 0.295 e. The van der Waals surface area contributed by atoms with Crippen molar-refractivity contribution in [1.29, 1.82) is 0 Å². The van der Waals surface area contributed by atoms with Crippen molar-refractivity contribution in [3.63, 3.8) is 0 Å². The first-order chi connectivity index (χ1) is 6.04. The third-order valence-corrected chi connectivity index (χ3v) is 2.38. The summed E-state index contributed by atoms with van der Waals surface area (Å²) in [7, 11) is 0. The molecule has 0 unspecified atom stereocenters. The molecule has 1 aromatic rings. The first kappa shape index (κ1) is 9.97. The summed E-state index contributed by atoms with van der Waals surface area (Å²) in [5.74, 6) is 0.638. The summed E-state index contributed by atoms with van der Waals surface area (Å²) >= 11 is 0. The number of Topliss-reactive ketones (excluding diaryl/α,β-unsaturated/α-hetero) is 1. The van der Waals surface area contributed by atoms with E-state index in [0.717, 1.165) is 11.1 Å². The fourth-order valence-electron chi connectivity index (χ4n) is 1.66. The van der Waals surface area contributed by atoms with Gasteiger partial charge in [-0.2, -0.15) is 0 Å². The average Bonchev–Trinajstić information content (AvgIpc) is 2.03. The lowest BCUT2D eigenvalue weighted by molar-refractivity contribution is 0.101. The van der Waals surface area contributed by atoms with Gasteiger partial charge in [0.2, 0.25) is 0 Å². The van der Waals surface area contributed by atoms with Gasteiger partial charge in [-0.05, 0) is 30.9 Å². The van der Waals surface area contributed by atoms with Crippen LogP contribution in [0.4, 0.5) is 0 Å².